The molecule has 102 valence electrons. The summed E-state index contributed by atoms with van der Waals surface area (Å²) < 4.78 is 5.21. The van der Waals surface area contributed by atoms with Crippen molar-refractivity contribution in [3.8, 4) is 0 Å². The second-order valence-electron chi connectivity index (χ2n) is 4.51. The lowest BCUT2D eigenvalue weighted by molar-refractivity contribution is -0.384. The van der Waals surface area contributed by atoms with Crippen LogP contribution in [0.3, 0.4) is 0 Å². The molecule has 0 spiro atoms. The van der Waals surface area contributed by atoms with Gasteiger partial charge in [-0.1, -0.05) is 12.1 Å². The zero-order chi connectivity index (χ0) is 13.8. The summed E-state index contributed by atoms with van der Waals surface area (Å²) in [7, 11) is 0. The number of carbonyl (C=O) groups excluding carboxylic acids is 1. The average molecular weight is 264 g/mol. The van der Waals surface area contributed by atoms with E-state index in [1.807, 2.05) is 6.92 Å². The minimum absolute atomic E-state index is 0.0368. The monoisotopic (exact) mass is 264 g/mol. The van der Waals surface area contributed by atoms with Crippen LogP contribution >= 0.6 is 0 Å². The van der Waals surface area contributed by atoms with Crippen LogP contribution in [-0.4, -0.2) is 42.0 Å². The second-order valence-corrected chi connectivity index (χ2v) is 4.51. The maximum absolute atomic E-state index is 12.3. The summed E-state index contributed by atoms with van der Waals surface area (Å²) in [6.07, 6.45) is 0. The molecule has 0 N–H and O–H groups in total. The third-order valence-corrected chi connectivity index (χ3v) is 3.30. The van der Waals surface area contributed by atoms with E-state index < -0.39 is 4.92 Å². The van der Waals surface area contributed by atoms with Crippen LogP contribution in [0.15, 0.2) is 24.3 Å². The zero-order valence-electron chi connectivity index (χ0n) is 10.7. The highest BCUT2D eigenvalue weighted by Gasteiger charge is 2.23. The number of hydrogen-bond acceptors (Lipinski definition) is 4. The fraction of sp³-hybridized carbons (Fsp3) is 0.462. The Morgan fingerprint density at radius 2 is 1.89 bits per heavy atom. The minimum atomic E-state index is -0.446. The Balaban J connectivity index is 2.07. The lowest BCUT2D eigenvalue weighted by Gasteiger charge is -2.29. The molecule has 0 saturated carbocycles. The summed E-state index contributed by atoms with van der Waals surface area (Å²) in [5.41, 5.74) is 0.830. The molecular weight excluding hydrogens is 248 g/mol. The van der Waals surface area contributed by atoms with Crippen molar-refractivity contribution in [1.29, 1.82) is 0 Å². The maximum Gasteiger partial charge on any atom is 0.269 e. The molecule has 1 aliphatic heterocycles. The van der Waals surface area contributed by atoms with Crippen LogP contribution in [0.5, 0.6) is 0 Å². The Hall–Kier alpha value is -1.95. The predicted octanol–water partition coefficient (Wildman–Crippen LogP) is 1.56. The van der Waals surface area contributed by atoms with E-state index in [0.29, 0.717) is 26.3 Å². The van der Waals surface area contributed by atoms with Crippen LogP contribution in [0, 0.1) is 10.1 Å². The molecule has 0 unspecified atom stereocenters. The van der Waals surface area contributed by atoms with Crippen LogP contribution in [0.1, 0.15) is 18.4 Å². The molecule has 1 aromatic carbocycles. The Morgan fingerprint density at radius 1 is 1.32 bits per heavy atom. The van der Waals surface area contributed by atoms with Crippen molar-refractivity contribution in [3.63, 3.8) is 0 Å². The van der Waals surface area contributed by atoms with Gasteiger partial charge in [-0.2, -0.15) is 0 Å². The number of non-ortho nitro benzene ring substituents is 1. The molecule has 1 atom stereocenters. The average Bonchev–Trinajstić information content (AvgIpc) is 2.46. The number of hydrogen-bond donors (Lipinski definition) is 0. The van der Waals surface area contributed by atoms with Gasteiger partial charge in [0, 0.05) is 25.2 Å². The number of carbonyl (C=O) groups is 1. The van der Waals surface area contributed by atoms with Gasteiger partial charge < -0.3 is 9.64 Å². The van der Waals surface area contributed by atoms with Crippen molar-refractivity contribution in [2.24, 2.45) is 0 Å². The third kappa shape index (κ3) is 3.08. The molecule has 1 aliphatic rings. The van der Waals surface area contributed by atoms with Crippen molar-refractivity contribution in [3.05, 3.63) is 39.9 Å². The molecule has 0 aliphatic carbocycles. The fourth-order valence-electron chi connectivity index (χ4n) is 2.08. The van der Waals surface area contributed by atoms with Gasteiger partial charge in [0.2, 0.25) is 5.91 Å². The van der Waals surface area contributed by atoms with Crippen molar-refractivity contribution in [2.75, 3.05) is 26.3 Å². The van der Waals surface area contributed by atoms with E-state index in [2.05, 4.69) is 0 Å². The summed E-state index contributed by atoms with van der Waals surface area (Å²) in [6, 6.07) is 6.14. The molecule has 6 heteroatoms. The highest BCUT2D eigenvalue weighted by Crippen LogP contribution is 2.21. The van der Waals surface area contributed by atoms with Gasteiger partial charge in [-0.3, -0.25) is 14.9 Å². The lowest BCUT2D eigenvalue weighted by atomic mass is 9.99. The van der Waals surface area contributed by atoms with Gasteiger partial charge in [0.25, 0.3) is 5.69 Å². The lowest BCUT2D eigenvalue weighted by Crippen LogP contribution is -2.42. The van der Waals surface area contributed by atoms with Gasteiger partial charge >= 0.3 is 0 Å². The van der Waals surface area contributed by atoms with Crippen molar-refractivity contribution in [2.45, 2.75) is 12.8 Å². The Morgan fingerprint density at radius 3 is 2.42 bits per heavy atom. The maximum atomic E-state index is 12.3. The number of nitro groups is 1. The molecule has 1 fully saturated rings. The van der Waals surface area contributed by atoms with Gasteiger partial charge in [0.1, 0.15) is 0 Å². The van der Waals surface area contributed by atoms with E-state index in [9.17, 15) is 14.9 Å². The Labute approximate surface area is 111 Å². The molecule has 1 saturated heterocycles. The number of amides is 1. The normalized spacial score (nSPS) is 17.0. The molecule has 0 aromatic heterocycles. The molecular formula is C13H16N2O4. The largest absolute Gasteiger partial charge is 0.378 e. The van der Waals surface area contributed by atoms with Crippen molar-refractivity contribution >= 4 is 11.6 Å². The summed E-state index contributed by atoms with van der Waals surface area (Å²) in [6.45, 7) is 4.17. The van der Waals surface area contributed by atoms with Gasteiger partial charge in [0.05, 0.1) is 24.1 Å². The van der Waals surface area contributed by atoms with Crippen LogP contribution in [0.2, 0.25) is 0 Å². The van der Waals surface area contributed by atoms with Crippen molar-refractivity contribution in [1.82, 2.24) is 4.90 Å². The molecule has 1 amide bonds. The number of morpholine rings is 1. The topological polar surface area (TPSA) is 72.7 Å². The number of ether oxygens (including phenoxy) is 1. The summed E-state index contributed by atoms with van der Waals surface area (Å²) in [5.74, 6) is -0.254. The fourth-order valence-corrected chi connectivity index (χ4v) is 2.08. The molecule has 19 heavy (non-hydrogen) atoms. The first kappa shape index (κ1) is 13.5. The van der Waals surface area contributed by atoms with Crippen LogP contribution in [-0.2, 0) is 9.53 Å². The summed E-state index contributed by atoms with van der Waals surface area (Å²) in [4.78, 5) is 24.2. The van der Waals surface area contributed by atoms with E-state index in [-0.39, 0.29) is 17.5 Å². The highest BCUT2D eigenvalue weighted by atomic mass is 16.6. The molecule has 0 radical (unpaired) electrons. The zero-order valence-corrected chi connectivity index (χ0v) is 10.7. The SMILES string of the molecule is C[C@H](C(=O)N1CCOCC1)c1ccc([N+](=O)[O-])cc1. The van der Waals surface area contributed by atoms with Gasteiger partial charge in [-0.25, -0.2) is 0 Å². The third-order valence-electron chi connectivity index (χ3n) is 3.30. The van der Waals surface area contributed by atoms with Crippen LogP contribution in [0.4, 0.5) is 5.69 Å². The standard InChI is InChI=1S/C13H16N2O4/c1-10(13(16)14-6-8-19-9-7-14)11-2-4-12(5-3-11)15(17)18/h2-5,10H,6-9H2,1H3/t10-/m0/s1. The Bertz CT molecular complexity index is 466. The van der Waals surface area contributed by atoms with E-state index in [0.717, 1.165) is 5.56 Å². The van der Waals surface area contributed by atoms with Gasteiger partial charge in [-0.05, 0) is 12.5 Å². The molecule has 0 bridgehead atoms. The number of benzene rings is 1. The Kier molecular flexibility index (Phi) is 4.11. The highest BCUT2D eigenvalue weighted by molar-refractivity contribution is 5.83. The summed E-state index contributed by atoms with van der Waals surface area (Å²) >= 11 is 0. The molecule has 6 nitrogen and oxygen atoms in total. The van der Waals surface area contributed by atoms with Crippen molar-refractivity contribution < 1.29 is 14.5 Å². The van der Waals surface area contributed by atoms with E-state index in [1.54, 1.807) is 17.0 Å². The second kappa shape index (κ2) is 5.79. The van der Waals surface area contributed by atoms with E-state index in [1.165, 1.54) is 12.1 Å². The first-order valence-electron chi connectivity index (χ1n) is 6.20. The van der Waals surface area contributed by atoms with E-state index in [4.69, 9.17) is 4.74 Å². The van der Waals surface area contributed by atoms with Crippen LogP contribution < -0.4 is 0 Å². The van der Waals surface area contributed by atoms with E-state index >= 15 is 0 Å². The smallest absolute Gasteiger partial charge is 0.269 e. The molecule has 2 rings (SSSR count). The molecule has 1 heterocycles. The first-order chi connectivity index (χ1) is 9.09. The predicted molar refractivity (Wildman–Crippen MR) is 68.9 cm³/mol. The van der Waals surface area contributed by atoms with Gasteiger partial charge in [-0.15, -0.1) is 0 Å². The minimum Gasteiger partial charge on any atom is -0.378 e. The number of rotatable bonds is 3. The quantitative estimate of drug-likeness (QED) is 0.613. The first-order valence-corrected chi connectivity index (χ1v) is 6.20. The number of nitro benzene ring substituents is 1. The molecule has 1 aromatic rings. The van der Waals surface area contributed by atoms with Crippen LogP contribution in [0.25, 0.3) is 0 Å². The van der Waals surface area contributed by atoms with Gasteiger partial charge in [0.15, 0.2) is 0 Å². The number of nitrogens with zero attached hydrogens (tertiary/aromatic N) is 2. The summed E-state index contributed by atoms with van der Waals surface area (Å²) in [5, 5.41) is 10.6.